The summed E-state index contributed by atoms with van der Waals surface area (Å²) in [5.74, 6) is 0.362. The van der Waals surface area contributed by atoms with Gasteiger partial charge in [0, 0.05) is 22.4 Å². The zero-order chi connectivity index (χ0) is 13.9. The summed E-state index contributed by atoms with van der Waals surface area (Å²) in [5, 5.41) is 18.1. The van der Waals surface area contributed by atoms with Crippen molar-refractivity contribution in [2.45, 2.75) is 6.61 Å². The number of hydrogen-bond acceptors (Lipinski definition) is 7. The zero-order valence-electron chi connectivity index (χ0n) is 9.98. The molecule has 0 fully saturated rings. The molecule has 0 saturated heterocycles. The van der Waals surface area contributed by atoms with Crippen LogP contribution in [0.25, 0.3) is 11.4 Å². The number of thiophene rings is 2. The van der Waals surface area contributed by atoms with Crippen LogP contribution in [0.15, 0.2) is 32.8 Å². The SMILES string of the molecule is O=C(O)c1cc(OCc2nc(-c3ccsc3)no2)cs1. The van der Waals surface area contributed by atoms with Crippen molar-refractivity contribution < 1.29 is 19.2 Å². The number of aromatic carboxylic acids is 1. The van der Waals surface area contributed by atoms with Crippen LogP contribution < -0.4 is 4.74 Å². The van der Waals surface area contributed by atoms with E-state index in [4.69, 9.17) is 14.4 Å². The van der Waals surface area contributed by atoms with Crippen molar-refractivity contribution in [3.63, 3.8) is 0 Å². The van der Waals surface area contributed by atoms with Gasteiger partial charge in [0.15, 0.2) is 6.61 Å². The molecule has 3 rings (SSSR count). The van der Waals surface area contributed by atoms with Gasteiger partial charge in [-0.1, -0.05) is 5.16 Å². The van der Waals surface area contributed by atoms with Crippen molar-refractivity contribution in [1.29, 1.82) is 0 Å². The number of ether oxygens (including phenoxy) is 1. The smallest absolute Gasteiger partial charge is 0.346 e. The highest BCUT2D eigenvalue weighted by molar-refractivity contribution is 7.12. The first-order valence-corrected chi connectivity index (χ1v) is 7.34. The lowest BCUT2D eigenvalue weighted by atomic mass is 10.3. The molecule has 0 unspecified atom stereocenters. The van der Waals surface area contributed by atoms with E-state index in [2.05, 4.69) is 10.1 Å². The normalized spacial score (nSPS) is 10.6. The van der Waals surface area contributed by atoms with Gasteiger partial charge in [0.2, 0.25) is 5.82 Å². The number of carboxylic acids is 1. The summed E-state index contributed by atoms with van der Waals surface area (Å²) in [6.07, 6.45) is 0. The van der Waals surface area contributed by atoms with Gasteiger partial charge in [-0.25, -0.2) is 4.79 Å². The second-order valence-electron chi connectivity index (χ2n) is 3.76. The van der Waals surface area contributed by atoms with Gasteiger partial charge in [-0.15, -0.1) is 11.3 Å². The number of aromatic nitrogens is 2. The Morgan fingerprint density at radius 3 is 3.05 bits per heavy atom. The van der Waals surface area contributed by atoms with E-state index in [1.807, 2.05) is 16.8 Å². The maximum Gasteiger partial charge on any atom is 0.346 e. The summed E-state index contributed by atoms with van der Waals surface area (Å²) in [7, 11) is 0. The second-order valence-corrected chi connectivity index (χ2v) is 5.46. The highest BCUT2D eigenvalue weighted by Gasteiger charge is 2.11. The van der Waals surface area contributed by atoms with Crippen LogP contribution in [0.5, 0.6) is 5.75 Å². The summed E-state index contributed by atoms with van der Waals surface area (Å²) < 4.78 is 10.5. The largest absolute Gasteiger partial charge is 0.483 e. The van der Waals surface area contributed by atoms with E-state index in [0.717, 1.165) is 16.9 Å². The lowest BCUT2D eigenvalue weighted by Crippen LogP contribution is -1.95. The molecule has 0 bridgehead atoms. The molecule has 20 heavy (non-hydrogen) atoms. The highest BCUT2D eigenvalue weighted by atomic mass is 32.1. The third-order valence-corrected chi connectivity index (χ3v) is 3.98. The van der Waals surface area contributed by atoms with Crippen LogP contribution in [0.3, 0.4) is 0 Å². The van der Waals surface area contributed by atoms with Crippen LogP contribution in [-0.2, 0) is 6.61 Å². The summed E-state index contributed by atoms with van der Waals surface area (Å²) >= 11 is 2.66. The minimum atomic E-state index is -0.970. The van der Waals surface area contributed by atoms with E-state index in [-0.39, 0.29) is 11.5 Å². The van der Waals surface area contributed by atoms with E-state index >= 15 is 0 Å². The predicted octanol–water partition coefficient (Wildman–Crippen LogP) is 3.14. The van der Waals surface area contributed by atoms with Gasteiger partial charge < -0.3 is 14.4 Å². The molecule has 3 aromatic rings. The van der Waals surface area contributed by atoms with E-state index in [1.165, 1.54) is 6.07 Å². The number of rotatable bonds is 5. The summed E-state index contributed by atoms with van der Waals surface area (Å²) in [6, 6.07) is 3.36. The standard InChI is InChI=1S/C12H8N2O4S2/c15-12(16)9-3-8(6-20-9)17-4-10-13-11(14-18-10)7-1-2-19-5-7/h1-3,5-6H,4H2,(H,15,16). The maximum absolute atomic E-state index is 10.7. The Labute approximate surface area is 121 Å². The number of carboxylic acid groups (broad SMARTS) is 1. The van der Waals surface area contributed by atoms with Crippen LogP contribution in [0.2, 0.25) is 0 Å². The molecule has 0 atom stereocenters. The predicted molar refractivity (Wildman–Crippen MR) is 73.2 cm³/mol. The molecule has 0 aliphatic carbocycles. The maximum atomic E-state index is 10.7. The molecule has 0 amide bonds. The second kappa shape index (κ2) is 5.43. The molecule has 0 aromatic carbocycles. The lowest BCUT2D eigenvalue weighted by Gasteiger charge is -1.97. The average molecular weight is 308 g/mol. The highest BCUT2D eigenvalue weighted by Crippen LogP contribution is 2.23. The molecule has 6 nitrogen and oxygen atoms in total. The van der Waals surface area contributed by atoms with Gasteiger partial charge >= 0.3 is 5.97 Å². The van der Waals surface area contributed by atoms with Crippen molar-refractivity contribution >= 4 is 28.6 Å². The molecule has 8 heteroatoms. The molecule has 3 heterocycles. The first-order chi connectivity index (χ1) is 9.72. The number of nitrogens with zero attached hydrogens (tertiary/aromatic N) is 2. The molecule has 0 saturated carbocycles. The van der Waals surface area contributed by atoms with Crippen molar-refractivity contribution in [2.75, 3.05) is 0 Å². The summed E-state index contributed by atoms with van der Waals surface area (Å²) in [4.78, 5) is 15.2. The van der Waals surface area contributed by atoms with Crippen LogP contribution in [0.4, 0.5) is 0 Å². The molecule has 0 aliphatic heterocycles. The fourth-order valence-electron chi connectivity index (χ4n) is 1.47. The van der Waals surface area contributed by atoms with E-state index in [9.17, 15) is 4.79 Å². The third kappa shape index (κ3) is 2.70. The van der Waals surface area contributed by atoms with Gasteiger partial charge in [-0.05, 0) is 11.4 Å². The lowest BCUT2D eigenvalue weighted by molar-refractivity contribution is 0.0702. The van der Waals surface area contributed by atoms with Crippen molar-refractivity contribution in [3.05, 3.63) is 39.0 Å². The molecule has 1 N–H and O–H groups in total. The van der Waals surface area contributed by atoms with Crippen molar-refractivity contribution in [2.24, 2.45) is 0 Å². The zero-order valence-corrected chi connectivity index (χ0v) is 11.6. The molecule has 0 aliphatic rings. The monoisotopic (exact) mass is 308 g/mol. The van der Waals surface area contributed by atoms with E-state index in [0.29, 0.717) is 17.5 Å². The molecule has 102 valence electrons. The van der Waals surface area contributed by atoms with E-state index in [1.54, 1.807) is 16.7 Å². The Bertz CT molecular complexity index is 717. The Morgan fingerprint density at radius 1 is 1.45 bits per heavy atom. The fourth-order valence-corrected chi connectivity index (χ4v) is 2.77. The quantitative estimate of drug-likeness (QED) is 0.779. The van der Waals surface area contributed by atoms with Gasteiger partial charge in [-0.3, -0.25) is 0 Å². The minimum Gasteiger partial charge on any atom is -0.483 e. The Morgan fingerprint density at radius 2 is 2.35 bits per heavy atom. The first-order valence-electron chi connectivity index (χ1n) is 5.52. The van der Waals surface area contributed by atoms with Gasteiger partial charge in [0.1, 0.15) is 10.6 Å². The average Bonchev–Trinajstić information content (AvgIpc) is 3.17. The van der Waals surface area contributed by atoms with Crippen LogP contribution in [0.1, 0.15) is 15.6 Å². The molecule has 0 spiro atoms. The van der Waals surface area contributed by atoms with Gasteiger partial charge in [-0.2, -0.15) is 16.3 Å². The van der Waals surface area contributed by atoms with Crippen LogP contribution in [-0.4, -0.2) is 21.2 Å². The first kappa shape index (κ1) is 12.8. The third-order valence-electron chi connectivity index (χ3n) is 2.40. The van der Waals surface area contributed by atoms with Crippen molar-refractivity contribution in [3.8, 4) is 17.1 Å². The summed E-state index contributed by atoms with van der Waals surface area (Å²) in [5.41, 5.74) is 0.897. The topological polar surface area (TPSA) is 85.5 Å². The van der Waals surface area contributed by atoms with E-state index < -0.39 is 5.97 Å². The Balaban J connectivity index is 1.65. The number of carbonyl (C=O) groups is 1. The summed E-state index contributed by atoms with van der Waals surface area (Å²) in [6.45, 7) is 0.104. The minimum absolute atomic E-state index is 0.104. The molecule has 3 aromatic heterocycles. The molecular formula is C12H8N2O4S2. The number of hydrogen-bond donors (Lipinski definition) is 1. The molecular weight excluding hydrogens is 300 g/mol. The van der Waals surface area contributed by atoms with Gasteiger partial charge in [0.05, 0.1) is 0 Å². The van der Waals surface area contributed by atoms with Crippen molar-refractivity contribution in [1.82, 2.24) is 10.1 Å². The van der Waals surface area contributed by atoms with Crippen LogP contribution in [0, 0.1) is 0 Å². The Hall–Kier alpha value is -2.19. The van der Waals surface area contributed by atoms with Crippen LogP contribution >= 0.6 is 22.7 Å². The Kier molecular flexibility index (Phi) is 3.48. The van der Waals surface area contributed by atoms with Gasteiger partial charge in [0.25, 0.3) is 5.89 Å². The molecule has 0 radical (unpaired) electrons. The fraction of sp³-hybridized carbons (Fsp3) is 0.0833.